The number of hydrogen-bond acceptors (Lipinski definition) is 2. The van der Waals surface area contributed by atoms with Gasteiger partial charge in [0.15, 0.2) is 0 Å². The quantitative estimate of drug-likeness (QED) is 0.924. The summed E-state index contributed by atoms with van der Waals surface area (Å²) in [5.74, 6) is -1.63. The molecule has 0 amide bonds. The van der Waals surface area contributed by atoms with Crippen LogP contribution in [-0.4, -0.2) is 11.1 Å². The Balaban J connectivity index is 2.27. The van der Waals surface area contributed by atoms with Gasteiger partial charge in [-0.25, -0.2) is 9.18 Å². The molecular weight excluding hydrogens is 271 g/mol. The SMILES string of the molecule is Cc1cc(C)c(COc2ccc(F)cc2C(=O)O)c(C)c1. The molecule has 0 spiro atoms. The number of aromatic carboxylic acids is 1. The van der Waals surface area contributed by atoms with E-state index >= 15 is 0 Å². The van der Waals surface area contributed by atoms with Gasteiger partial charge in [-0.15, -0.1) is 0 Å². The van der Waals surface area contributed by atoms with E-state index < -0.39 is 11.8 Å². The van der Waals surface area contributed by atoms with Gasteiger partial charge in [-0.05, 0) is 55.7 Å². The van der Waals surface area contributed by atoms with Crippen molar-refractivity contribution < 1.29 is 19.0 Å². The Morgan fingerprint density at radius 1 is 1.14 bits per heavy atom. The van der Waals surface area contributed by atoms with Crippen LogP contribution in [0.1, 0.15) is 32.6 Å². The van der Waals surface area contributed by atoms with Crippen molar-refractivity contribution in [2.75, 3.05) is 0 Å². The summed E-state index contributed by atoms with van der Waals surface area (Å²) >= 11 is 0. The maximum Gasteiger partial charge on any atom is 0.339 e. The molecule has 0 bridgehead atoms. The minimum atomic E-state index is -1.21. The Bertz CT molecular complexity index is 669. The summed E-state index contributed by atoms with van der Waals surface area (Å²) in [5, 5.41) is 9.09. The second-order valence-corrected chi connectivity index (χ2v) is 5.11. The van der Waals surface area contributed by atoms with Gasteiger partial charge in [0.1, 0.15) is 23.7 Å². The number of rotatable bonds is 4. The van der Waals surface area contributed by atoms with Crippen LogP contribution >= 0.6 is 0 Å². The Kier molecular flexibility index (Phi) is 4.26. The van der Waals surface area contributed by atoms with Crippen molar-refractivity contribution in [2.24, 2.45) is 0 Å². The molecule has 0 aliphatic heterocycles. The fourth-order valence-electron chi connectivity index (χ4n) is 2.38. The first-order valence-corrected chi connectivity index (χ1v) is 6.61. The number of carboxylic acid groups (broad SMARTS) is 1. The third-order valence-corrected chi connectivity index (χ3v) is 3.38. The molecule has 21 heavy (non-hydrogen) atoms. The maximum atomic E-state index is 13.1. The first kappa shape index (κ1) is 15.0. The monoisotopic (exact) mass is 288 g/mol. The van der Waals surface area contributed by atoms with Crippen molar-refractivity contribution in [1.82, 2.24) is 0 Å². The maximum absolute atomic E-state index is 13.1. The summed E-state index contributed by atoms with van der Waals surface area (Å²) in [4.78, 5) is 11.1. The molecule has 2 rings (SSSR count). The summed E-state index contributed by atoms with van der Waals surface area (Å²) < 4.78 is 18.7. The lowest BCUT2D eigenvalue weighted by Gasteiger charge is -2.14. The van der Waals surface area contributed by atoms with E-state index in [4.69, 9.17) is 9.84 Å². The van der Waals surface area contributed by atoms with Gasteiger partial charge in [0.25, 0.3) is 0 Å². The van der Waals surface area contributed by atoms with Crippen molar-refractivity contribution in [3.63, 3.8) is 0 Å². The highest BCUT2D eigenvalue weighted by Gasteiger charge is 2.13. The van der Waals surface area contributed by atoms with Crippen molar-refractivity contribution >= 4 is 5.97 Å². The van der Waals surface area contributed by atoms with E-state index in [-0.39, 0.29) is 17.9 Å². The average molecular weight is 288 g/mol. The number of carbonyl (C=O) groups is 1. The van der Waals surface area contributed by atoms with Gasteiger partial charge in [0.05, 0.1) is 0 Å². The third-order valence-electron chi connectivity index (χ3n) is 3.38. The van der Waals surface area contributed by atoms with Crippen LogP contribution in [-0.2, 0) is 6.61 Å². The lowest BCUT2D eigenvalue weighted by Crippen LogP contribution is -2.06. The van der Waals surface area contributed by atoms with Gasteiger partial charge < -0.3 is 9.84 Å². The van der Waals surface area contributed by atoms with E-state index in [1.807, 2.05) is 20.8 Å². The highest BCUT2D eigenvalue weighted by Crippen LogP contribution is 2.23. The van der Waals surface area contributed by atoms with Crippen LogP contribution in [0.4, 0.5) is 4.39 Å². The molecule has 1 N–H and O–H groups in total. The molecule has 0 aliphatic carbocycles. The minimum Gasteiger partial charge on any atom is -0.488 e. The first-order valence-electron chi connectivity index (χ1n) is 6.61. The topological polar surface area (TPSA) is 46.5 Å². The summed E-state index contributed by atoms with van der Waals surface area (Å²) in [6, 6.07) is 7.60. The number of aryl methyl sites for hydroxylation is 3. The Morgan fingerprint density at radius 2 is 1.76 bits per heavy atom. The predicted octanol–water partition coefficient (Wildman–Crippen LogP) is 4.03. The molecule has 0 unspecified atom stereocenters. The zero-order chi connectivity index (χ0) is 15.6. The molecule has 2 aromatic carbocycles. The summed E-state index contributed by atoms with van der Waals surface area (Å²) in [6.45, 7) is 6.25. The molecule has 0 aromatic heterocycles. The molecule has 0 heterocycles. The van der Waals surface area contributed by atoms with E-state index in [0.29, 0.717) is 0 Å². The second kappa shape index (κ2) is 5.95. The second-order valence-electron chi connectivity index (χ2n) is 5.11. The molecule has 3 nitrogen and oxygen atoms in total. The van der Waals surface area contributed by atoms with Gasteiger partial charge in [0.2, 0.25) is 0 Å². The van der Waals surface area contributed by atoms with E-state index in [1.165, 1.54) is 17.7 Å². The van der Waals surface area contributed by atoms with Crippen LogP contribution in [0, 0.1) is 26.6 Å². The van der Waals surface area contributed by atoms with Gasteiger partial charge in [0, 0.05) is 0 Å². The molecule has 2 aromatic rings. The van der Waals surface area contributed by atoms with Crippen LogP contribution in [0.25, 0.3) is 0 Å². The largest absolute Gasteiger partial charge is 0.488 e. The van der Waals surface area contributed by atoms with E-state index in [0.717, 1.165) is 22.8 Å². The Morgan fingerprint density at radius 3 is 2.33 bits per heavy atom. The van der Waals surface area contributed by atoms with E-state index in [9.17, 15) is 9.18 Å². The molecule has 0 atom stereocenters. The van der Waals surface area contributed by atoms with Crippen molar-refractivity contribution in [3.8, 4) is 5.75 Å². The molecule has 0 saturated heterocycles. The number of ether oxygens (including phenoxy) is 1. The third kappa shape index (κ3) is 3.40. The summed E-state index contributed by atoms with van der Waals surface area (Å²) in [5.41, 5.74) is 4.19. The van der Waals surface area contributed by atoms with Gasteiger partial charge in [-0.3, -0.25) is 0 Å². The number of halogens is 1. The molecular formula is C17H17FO3. The molecule has 0 saturated carbocycles. The van der Waals surface area contributed by atoms with Crippen molar-refractivity contribution in [1.29, 1.82) is 0 Å². The van der Waals surface area contributed by atoms with Crippen molar-refractivity contribution in [2.45, 2.75) is 27.4 Å². The minimum absolute atomic E-state index is 0.169. The Labute approximate surface area is 123 Å². The zero-order valence-electron chi connectivity index (χ0n) is 12.2. The van der Waals surface area contributed by atoms with Crippen LogP contribution < -0.4 is 4.74 Å². The van der Waals surface area contributed by atoms with Crippen LogP contribution in [0.2, 0.25) is 0 Å². The highest BCUT2D eigenvalue weighted by atomic mass is 19.1. The van der Waals surface area contributed by atoms with E-state index in [2.05, 4.69) is 12.1 Å². The fraction of sp³-hybridized carbons (Fsp3) is 0.235. The highest BCUT2D eigenvalue weighted by molar-refractivity contribution is 5.90. The number of benzene rings is 2. The van der Waals surface area contributed by atoms with Crippen LogP contribution in [0.15, 0.2) is 30.3 Å². The lowest BCUT2D eigenvalue weighted by atomic mass is 10.0. The molecule has 4 heteroatoms. The van der Waals surface area contributed by atoms with Crippen LogP contribution in [0.5, 0.6) is 5.75 Å². The zero-order valence-corrected chi connectivity index (χ0v) is 12.2. The average Bonchev–Trinajstić information content (AvgIpc) is 2.38. The molecule has 0 radical (unpaired) electrons. The van der Waals surface area contributed by atoms with Crippen molar-refractivity contribution in [3.05, 3.63) is 64.0 Å². The predicted molar refractivity (Wildman–Crippen MR) is 78.3 cm³/mol. The van der Waals surface area contributed by atoms with Crippen LogP contribution in [0.3, 0.4) is 0 Å². The summed E-state index contributed by atoms with van der Waals surface area (Å²) in [6.07, 6.45) is 0. The van der Waals surface area contributed by atoms with Gasteiger partial charge in [-0.1, -0.05) is 17.7 Å². The Hall–Kier alpha value is -2.36. The number of hydrogen-bond donors (Lipinski definition) is 1. The lowest BCUT2D eigenvalue weighted by molar-refractivity contribution is 0.0691. The standard InChI is InChI=1S/C17H17FO3/c1-10-6-11(2)15(12(3)7-10)9-21-16-5-4-13(18)8-14(16)17(19)20/h4-8H,9H2,1-3H3,(H,19,20). The summed E-state index contributed by atoms with van der Waals surface area (Å²) in [7, 11) is 0. The smallest absolute Gasteiger partial charge is 0.339 e. The van der Waals surface area contributed by atoms with Gasteiger partial charge in [-0.2, -0.15) is 0 Å². The number of carboxylic acids is 1. The van der Waals surface area contributed by atoms with Gasteiger partial charge >= 0.3 is 5.97 Å². The van der Waals surface area contributed by atoms with E-state index in [1.54, 1.807) is 0 Å². The fourth-order valence-corrected chi connectivity index (χ4v) is 2.38. The molecule has 110 valence electrons. The normalized spacial score (nSPS) is 10.5. The molecule has 0 fully saturated rings. The first-order chi connectivity index (χ1) is 9.88. The molecule has 0 aliphatic rings.